The van der Waals surface area contributed by atoms with Crippen molar-refractivity contribution in [1.82, 2.24) is 14.8 Å². The van der Waals surface area contributed by atoms with Gasteiger partial charge in [-0.1, -0.05) is 49.1 Å². The van der Waals surface area contributed by atoms with E-state index in [0.29, 0.717) is 24.4 Å². The van der Waals surface area contributed by atoms with E-state index < -0.39 is 5.54 Å². The Morgan fingerprint density at radius 2 is 1.90 bits per heavy atom. The fourth-order valence-electron chi connectivity index (χ4n) is 4.98. The summed E-state index contributed by atoms with van der Waals surface area (Å²) in [5, 5.41) is 3.27. The number of carbonyl (C=O) groups is 2. The van der Waals surface area contributed by atoms with Gasteiger partial charge >= 0.3 is 0 Å². The molecule has 1 aliphatic heterocycles. The molecule has 1 atom stereocenters. The summed E-state index contributed by atoms with van der Waals surface area (Å²) in [6.07, 6.45) is 7.16. The van der Waals surface area contributed by atoms with Crippen LogP contribution in [0.1, 0.15) is 60.6 Å². The largest absolute Gasteiger partial charge is 0.463 e. The molecule has 5 rings (SSSR count). The third-order valence-electron chi connectivity index (χ3n) is 6.94. The van der Waals surface area contributed by atoms with Gasteiger partial charge in [0.1, 0.15) is 11.2 Å². The zero-order valence-corrected chi connectivity index (χ0v) is 18.2. The molecule has 6 nitrogen and oxygen atoms in total. The molecule has 2 amide bonds. The lowest BCUT2D eigenvalue weighted by molar-refractivity contribution is -0.134. The third-order valence-corrected chi connectivity index (χ3v) is 6.94. The number of hydrogen-bond donors (Lipinski definition) is 1. The van der Waals surface area contributed by atoms with Gasteiger partial charge in [0.15, 0.2) is 5.58 Å². The Morgan fingerprint density at radius 1 is 1.16 bits per heavy atom. The molecule has 1 aliphatic carbocycles. The third kappa shape index (κ3) is 3.44. The van der Waals surface area contributed by atoms with E-state index in [1.807, 2.05) is 48.7 Å². The number of rotatable bonds is 4. The van der Waals surface area contributed by atoms with Crippen molar-refractivity contribution in [3.63, 3.8) is 0 Å². The molecule has 1 aromatic carbocycles. The Bertz CT molecular complexity index is 1120. The highest BCUT2D eigenvalue weighted by atomic mass is 16.3. The van der Waals surface area contributed by atoms with Crippen LogP contribution < -0.4 is 5.32 Å². The highest BCUT2D eigenvalue weighted by Gasteiger charge is 2.48. The molecular weight excluding hydrogens is 390 g/mol. The van der Waals surface area contributed by atoms with E-state index in [1.54, 1.807) is 17.2 Å². The molecule has 6 heteroatoms. The minimum Gasteiger partial charge on any atom is -0.463 e. The molecule has 1 saturated carbocycles. The second-order valence-electron chi connectivity index (χ2n) is 9.24. The van der Waals surface area contributed by atoms with E-state index in [4.69, 9.17) is 4.42 Å². The number of carbonyl (C=O) groups excluding carboxylic acids is 2. The van der Waals surface area contributed by atoms with Crippen LogP contribution in [0.15, 0.2) is 47.1 Å². The number of amides is 2. The van der Waals surface area contributed by atoms with Gasteiger partial charge in [0.05, 0.1) is 18.3 Å². The topological polar surface area (TPSA) is 67.5 Å². The minimum absolute atomic E-state index is 0.0733. The van der Waals surface area contributed by atoms with E-state index in [0.717, 1.165) is 36.8 Å². The van der Waals surface area contributed by atoms with Gasteiger partial charge < -0.3 is 19.2 Å². The Kier molecular flexibility index (Phi) is 4.88. The molecule has 0 saturated heterocycles. The maximum absolute atomic E-state index is 13.7. The number of nitrogens with zero attached hydrogens (tertiary/aromatic N) is 2. The van der Waals surface area contributed by atoms with E-state index in [-0.39, 0.29) is 17.9 Å². The molecule has 3 aromatic rings. The lowest BCUT2D eigenvalue weighted by Gasteiger charge is -2.44. The maximum Gasteiger partial charge on any atom is 0.271 e. The van der Waals surface area contributed by atoms with Gasteiger partial charge in [0, 0.05) is 24.7 Å². The SMILES string of the molecule is Cc1ccc(CN2C(=O)c3cc4occc4n3CC2(C)C(=O)NC2CCCCC2)cc1. The predicted molar refractivity (Wildman–Crippen MR) is 119 cm³/mol. The number of nitrogens with one attached hydrogen (secondary N) is 1. The maximum atomic E-state index is 13.7. The number of furan rings is 1. The summed E-state index contributed by atoms with van der Waals surface area (Å²) in [6, 6.07) is 12.0. The fraction of sp³-hybridized carbons (Fsp3) is 0.440. The minimum atomic E-state index is -0.990. The van der Waals surface area contributed by atoms with Crippen molar-refractivity contribution in [3.05, 3.63) is 59.5 Å². The van der Waals surface area contributed by atoms with Crippen LogP contribution in [0.2, 0.25) is 0 Å². The first-order chi connectivity index (χ1) is 15.0. The molecule has 0 radical (unpaired) electrons. The molecular formula is C25H29N3O3. The van der Waals surface area contributed by atoms with Crippen molar-refractivity contribution in [2.75, 3.05) is 0 Å². The van der Waals surface area contributed by atoms with Crippen LogP contribution in [0, 0.1) is 6.92 Å². The zero-order chi connectivity index (χ0) is 21.6. The standard InChI is InChI=1S/C25H29N3O3/c1-17-8-10-18(11-9-17)15-28-23(29)21-14-22-20(12-13-31-22)27(21)16-25(28,2)24(30)26-19-6-4-3-5-7-19/h8-14,19H,3-7,15-16H2,1-2H3,(H,26,30). The summed E-state index contributed by atoms with van der Waals surface area (Å²) in [4.78, 5) is 29.0. The Hall–Kier alpha value is -3.02. The van der Waals surface area contributed by atoms with Gasteiger partial charge in [0.25, 0.3) is 5.91 Å². The molecule has 1 fully saturated rings. The van der Waals surface area contributed by atoms with Crippen LogP contribution >= 0.6 is 0 Å². The molecule has 2 aromatic heterocycles. The van der Waals surface area contributed by atoms with Gasteiger partial charge in [-0.25, -0.2) is 0 Å². The first kappa shape index (κ1) is 19.9. The molecule has 1 N–H and O–H groups in total. The molecule has 162 valence electrons. The fourth-order valence-corrected chi connectivity index (χ4v) is 4.98. The van der Waals surface area contributed by atoms with Crippen LogP contribution in [0.5, 0.6) is 0 Å². The van der Waals surface area contributed by atoms with Gasteiger partial charge in [-0.15, -0.1) is 0 Å². The number of aryl methyl sites for hydroxylation is 1. The molecule has 31 heavy (non-hydrogen) atoms. The second-order valence-corrected chi connectivity index (χ2v) is 9.24. The molecule has 3 heterocycles. The predicted octanol–water partition coefficient (Wildman–Crippen LogP) is 4.41. The van der Waals surface area contributed by atoms with Crippen LogP contribution in [0.25, 0.3) is 11.1 Å². The van der Waals surface area contributed by atoms with Gasteiger partial charge in [-0.05, 0) is 32.3 Å². The summed E-state index contributed by atoms with van der Waals surface area (Å²) in [5.74, 6) is -0.213. The van der Waals surface area contributed by atoms with Crippen LogP contribution in [0.3, 0.4) is 0 Å². The van der Waals surface area contributed by atoms with Crippen molar-refractivity contribution < 1.29 is 14.0 Å². The molecule has 2 aliphatic rings. The van der Waals surface area contributed by atoms with Crippen LogP contribution in [-0.2, 0) is 17.9 Å². The van der Waals surface area contributed by atoms with Crippen molar-refractivity contribution >= 4 is 22.9 Å². The first-order valence-electron chi connectivity index (χ1n) is 11.2. The molecule has 0 spiro atoms. The number of fused-ring (bicyclic) bond motifs is 3. The number of aromatic nitrogens is 1. The van der Waals surface area contributed by atoms with Crippen LogP contribution in [-0.4, -0.2) is 32.9 Å². The highest BCUT2D eigenvalue weighted by Crippen LogP contribution is 2.34. The summed E-state index contributed by atoms with van der Waals surface area (Å²) in [5.41, 5.74) is 3.30. The van der Waals surface area contributed by atoms with Gasteiger partial charge in [-0.2, -0.15) is 0 Å². The molecule has 1 unspecified atom stereocenters. The lowest BCUT2D eigenvalue weighted by atomic mass is 9.91. The quantitative estimate of drug-likeness (QED) is 0.681. The highest BCUT2D eigenvalue weighted by molar-refractivity contribution is 6.02. The zero-order valence-electron chi connectivity index (χ0n) is 18.2. The average molecular weight is 420 g/mol. The van der Waals surface area contributed by atoms with Crippen molar-refractivity contribution in [2.45, 2.75) is 70.6 Å². The summed E-state index contributed by atoms with van der Waals surface area (Å²) in [7, 11) is 0. The Morgan fingerprint density at radius 3 is 2.65 bits per heavy atom. The smallest absolute Gasteiger partial charge is 0.271 e. The van der Waals surface area contributed by atoms with Crippen molar-refractivity contribution in [2.24, 2.45) is 0 Å². The van der Waals surface area contributed by atoms with E-state index in [1.165, 1.54) is 12.0 Å². The van der Waals surface area contributed by atoms with Crippen molar-refractivity contribution in [3.8, 4) is 0 Å². The molecule has 0 bridgehead atoms. The van der Waals surface area contributed by atoms with E-state index in [9.17, 15) is 9.59 Å². The Labute approximate surface area is 182 Å². The van der Waals surface area contributed by atoms with Crippen molar-refractivity contribution in [1.29, 1.82) is 0 Å². The number of hydrogen-bond acceptors (Lipinski definition) is 3. The average Bonchev–Trinajstić information content (AvgIpc) is 3.36. The van der Waals surface area contributed by atoms with E-state index in [2.05, 4.69) is 5.32 Å². The summed E-state index contributed by atoms with van der Waals surface area (Å²) in [6.45, 7) is 4.73. The second kappa shape index (κ2) is 7.59. The number of benzene rings is 1. The summed E-state index contributed by atoms with van der Waals surface area (Å²) >= 11 is 0. The Balaban J connectivity index is 1.52. The van der Waals surface area contributed by atoms with Gasteiger partial charge in [0.2, 0.25) is 5.91 Å². The monoisotopic (exact) mass is 419 g/mol. The lowest BCUT2D eigenvalue weighted by Crippen LogP contribution is -2.64. The summed E-state index contributed by atoms with van der Waals surface area (Å²) < 4.78 is 7.48. The normalized spacial score (nSPS) is 22.0. The van der Waals surface area contributed by atoms with Crippen LogP contribution in [0.4, 0.5) is 0 Å². The van der Waals surface area contributed by atoms with E-state index >= 15 is 0 Å². The van der Waals surface area contributed by atoms with Gasteiger partial charge in [-0.3, -0.25) is 9.59 Å². The first-order valence-corrected chi connectivity index (χ1v) is 11.2.